The summed E-state index contributed by atoms with van der Waals surface area (Å²) in [5.74, 6) is -0.0208. The van der Waals surface area contributed by atoms with E-state index in [0.717, 1.165) is 12.0 Å². The number of nitrogens with one attached hydrogen (secondary N) is 2. The number of H-pyrrole nitrogens is 1. The van der Waals surface area contributed by atoms with Crippen LogP contribution in [0.3, 0.4) is 0 Å². The van der Waals surface area contributed by atoms with Gasteiger partial charge in [-0.25, -0.2) is 4.98 Å². The van der Waals surface area contributed by atoms with Crippen LogP contribution >= 0.6 is 0 Å². The molecule has 0 radical (unpaired) electrons. The number of rotatable bonds is 4. The van der Waals surface area contributed by atoms with Gasteiger partial charge in [0.15, 0.2) is 0 Å². The average Bonchev–Trinajstić information content (AvgIpc) is 2.84. The van der Waals surface area contributed by atoms with E-state index in [9.17, 15) is 4.79 Å². The molecule has 0 unspecified atom stereocenters. The van der Waals surface area contributed by atoms with Gasteiger partial charge in [0.25, 0.3) is 5.91 Å². The second kappa shape index (κ2) is 5.01. The van der Waals surface area contributed by atoms with E-state index in [0.29, 0.717) is 6.54 Å². The molecule has 0 saturated carbocycles. The molecule has 2 aromatic rings. The van der Waals surface area contributed by atoms with Crippen molar-refractivity contribution in [2.45, 2.75) is 6.42 Å². The standard InChI is InChI=1S/C10H11N5O/c16-10(9-13-7-14-15-9)12-5-3-8-2-1-4-11-6-8/h1-2,4,6-7H,3,5H2,(H,12,16)(H,13,14,15). The Kier molecular flexibility index (Phi) is 3.22. The highest BCUT2D eigenvalue weighted by Gasteiger charge is 2.06. The van der Waals surface area contributed by atoms with Crippen molar-refractivity contribution in [1.82, 2.24) is 25.5 Å². The first-order valence-corrected chi connectivity index (χ1v) is 4.89. The van der Waals surface area contributed by atoms with E-state index in [2.05, 4.69) is 25.5 Å². The molecular weight excluding hydrogens is 206 g/mol. The van der Waals surface area contributed by atoms with Gasteiger partial charge in [-0.15, -0.1) is 0 Å². The molecule has 16 heavy (non-hydrogen) atoms. The van der Waals surface area contributed by atoms with Gasteiger partial charge in [0.1, 0.15) is 6.33 Å². The molecule has 2 aromatic heterocycles. The SMILES string of the molecule is O=C(NCCc1cccnc1)c1ncn[nH]1. The zero-order chi connectivity index (χ0) is 11.2. The molecule has 2 rings (SSSR count). The van der Waals surface area contributed by atoms with Crippen LogP contribution in [0.2, 0.25) is 0 Å². The minimum Gasteiger partial charge on any atom is -0.349 e. The van der Waals surface area contributed by atoms with E-state index >= 15 is 0 Å². The normalized spacial score (nSPS) is 10.0. The predicted molar refractivity (Wildman–Crippen MR) is 56.7 cm³/mol. The van der Waals surface area contributed by atoms with E-state index in [4.69, 9.17) is 0 Å². The molecule has 2 heterocycles. The van der Waals surface area contributed by atoms with Gasteiger partial charge in [-0.1, -0.05) is 6.07 Å². The Balaban J connectivity index is 1.79. The lowest BCUT2D eigenvalue weighted by Crippen LogP contribution is -2.26. The maximum absolute atomic E-state index is 11.4. The lowest BCUT2D eigenvalue weighted by molar-refractivity contribution is 0.0944. The largest absolute Gasteiger partial charge is 0.349 e. The summed E-state index contributed by atoms with van der Waals surface area (Å²) in [6.07, 6.45) is 5.54. The molecule has 6 heteroatoms. The highest BCUT2D eigenvalue weighted by Crippen LogP contribution is 1.95. The molecule has 0 bridgehead atoms. The second-order valence-corrected chi connectivity index (χ2v) is 3.20. The lowest BCUT2D eigenvalue weighted by Gasteiger charge is -2.02. The number of carbonyl (C=O) groups is 1. The molecule has 0 aromatic carbocycles. The molecular formula is C10H11N5O. The van der Waals surface area contributed by atoms with E-state index in [1.165, 1.54) is 6.33 Å². The molecule has 0 atom stereocenters. The Morgan fingerprint density at radius 3 is 3.12 bits per heavy atom. The van der Waals surface area contributed by atoms with E-state index in [1.807, 2.05) is 12.1 Å². The van der Waals surface area contributed by atoms with Gasteiger partial charge in [0.05, 0.1) is 0 Å². The number of aromatic nitrogens is 4. The van der Waals surface area contributed by atoms with E-state index in [1.54, 1.807) is 12.4 Å². The molecule has 2 N–H and O–H groups in total. The summed E-state index contributed by atoms with van der Waals surface area (Å²) in [6, 6.07) is 3.83. The Labute approximate surface area is 92.1 Å². The summed E-state index contributed by atoms with van der Waals surface area (Å²) in [6.45, 7) is 0.547. The monoisotopic (exact) mass is 217 g/mol. The molecule has 82 valence electrons. The summed E-state index contributed by atoms with van der Waals surface area (Å²) in [5, 5.41) is 8.84. The third-order valence-corrected chi connectivity index (χ3v) is 2.05. The van der Waals surface area contributed by atoms with Gasteiger partial charge in [-0.3, -0.25) is 14.9 Å². The second-order valence-electron chi connectivity index (χ2n) is 3.20. The Hall–Kier alpha value is -2.24. The van der Waals surface area contributed by atoms with Crippen LogP contribution in [0.4, 0.5) is 0 Å². The fourth-order valence-electron chi connectivity index (χ4n) is 1.26. The smallest absolute Gasteiger partial charge is 0.288 e. The van der Waals surface area contributed by atoms with Gasteiger partial charge in [-0.2, -0.15) is 5.10 Å². The molecule has 0 aliphatic rings. The van der Waals surface area contributed by atoms with E-state index < -0.39 is 0 Å². The number of carbonyl (C=O) groups excluding carboxylic acids is 1. The van der Waals surface area contributed by atoms with Crippen molar-refractivity contribution in [3.8, 4) is 0 Å². The van der Waals surface area contributed by atoms with Crippen LogP contribution in [0.5, 0.6) is 0 Å². The fourth-order valence-corrected chi connectivity index (χ4v) is 1.26. The van der Waals surface area contributed by atoms with Gasteiger partial charge in [0.2, 0.25) is 5.82 Å². The first-order valence-electron chi connectivity index (χ1n) is 4.89. The minimum atomic E-state index is -0.249. The molecule has 1 amide bonds. The predicted octanol–water partition coefficient (Wildman–Crippen LogP) is 0.172. The zero-order valence-corrected chi connectivity index (χ0v) is 8.55. The van der Waals surface area contributed by atoms with Crippen LogP contribution in [0.1, 0.15) is 16.2 Å². The first kappa shape index (κ1) is 10.3. The maximum atomic E-state index is 11.4. The zero-order valence-electron chi connectivity index (χ0n) is 8.55. The summed E-state index contributed by atoms with van der Waals surface area (Å²) in [7, 11) is 0. The van der Waals surface area contributed by atoms with Crippen LogP contribution in [-0.4, -0.2) is 32.6 Å². The molecule has 0 spiro atoms. The van der Waals surface area contributed by atoms with Gasteiger partial charge >= 0.3 is 0 Å². The number of hydrogen-bond acceptors (Lipinski definition) is 4. The summed E-state index contributed by atoms with van der Waals surface area (Å²) >= 11 is 0. The van der Waals surface area contributed by atoms with Crippen molar-refractivity contribution in [3.05, 3.63) is 42.2 Å². The molecule has 0 saturated heterocycles. The number of pyridine rings is 1. The van der Waals surface area contributed by atoms with Crippen molar-refractivity contribution in [2.24, 2.45) is 0 Å². The number of hydrogen-bond donors (Lipinski definition) is 2. The van der Waals surface area contributed by atoms with Crippen molar-refractivity contribution in [3.63, 3.8) is 0 Å². The van der Waals surface area contributed by atoms with Crippen LogP contribution in [-0.2, 0) is 6.42 Å². The van der Waals surface area contributed by atoms with Gasteiger partial charge in [0, 0.05) is 18.9 Å². The Morgan fingerprint density at radius 2 is 2.44 bits per heavy atom. The van der Waals surface area contributed by atoms with Crippen LogP contribution in [0, 0.1) is 0 Å². The summed E-state index contributed by atoms with van der Waals surface area (Å²) in [4.78, 5) is 19.2. The number of nitrogens with zero attached hydrogens (tertiary/aromatic N) is 3. The topological polar surface area (TPSA) is 83.6 Å². The first-order chi connectivity index (χ1) is 7.86. The van der Waals surface area contributed by atoms with Gasteiger partial charge < -0.3 is 5.32 Å². The van der Waals surface area contributed by atoms with Crippen LogP contribution < -0.4 is 5.32 Å². The molecule has 0 aliphatic carbocycles. The van der Waals surface area contributed by atoms with Gasteiger partial charge in [-0.05, 0) is 18.1 Å². The quantitative estimate of drug-likeness (QED) is 0.764. The third-order valence-electron chi connectivity index (χ3n) is 2.05. The number of aromatic amines is 1. The maximum Gasteiger partial charge on any atom is 0.288 e. The summed E-state index contributed by atoms with van der Waals surface area (Å²) < 4.78 is 0. The van der Waals surface area contributed by atoms with Crippen molar-refractivity contribution >= 4 is 5.91 Å². The molecule has 6 nitrogen and oxygen atoms in total. The molecule has 0 fully saturated rings. The van der Waals surface area contributed by atoms with Crippen LogP contribution in [0.15, 0.2) is 30.9 Å². The van der Waals surface area contributed by atoms with Crippen molar-refractivity contribution in [2.75, 3.05) is 6.54 Å². The average molecular weight is 217 g/mol. The Morgan fingerprint density at radius 1 is 1.50 bits per heavy atom. The van der Waals surface area contributed by atoms with Crippen molar-refractivity contribution in [1.29, 1.82) is 0 Å². The summed E-state index contributed by atoms with van der Waals surface area (Å²) in [5.41, 5.74) is 1.08. The van der Waals surface area contributed by atoms with Crippen molar-refractivity contribution < 1.29 is 4.79 Å². The van der Waals surface area contributed by atoms with E-state index in [-0.39, 0.29) is 11.7 Å². The highest BCUT2D eigenvalue weighted by atomic mass is 16.2. The van der Waals surface area contributed by atoms with Crippen LogP contribution in [0.25, 0.3) is 0 Å². The minimum absolute atomic E-state index is 0.228. The highest BCUT2D eigenvalue weighted by molar-refractivity contribution is 5.90. The molecule has 0 aliphatic heterocycles. The Bertz CT molecular complexity index is 439. The third kappa shape index (κ3) is 2.63. The number of amides is 1. The lowest BCUT2D eigenvalue weighted by atomic mass is 10.2. The fraction of sp³-hybridized carbons (Fsp3) is 0.200.